The van der Waals surface area contributed by atoms with E-state index in [1.807, 2.05) is 0 Å². The maximum Gasteiger partial charge on any atom is 0.124 e. The minimum Gasteiger partial charge on any atom is -0.489 e. The van der Waals surface area contributed by atoms with Crippen LogP contribution in [0, 0.1) is 6.92 Å². The van der Waals surface area contributed by atoms with Gasteiger partial charge in [0.15, 0.2) is 0 Å². The molecule has 140 valence electrons. The number of nitrogens with one attached hydrogen (secondary N) is 1. The number of benzene rings is 3. The average Bonchev–Trinajstić information content (AvgIpc) is 3.20. The molecule has 0 spiro atoms. The molecule has 0 bridgehead atoms. The summed E-state index contributed by atoms with van der Waals surface area (Å²) in [5.74, 6) is 0.954. The summed E-state index contributed by atoms with van der Waals surface area (Å²) in [6.45, 7) is 5.26. The average molecular weight is 361 g/mol. The van der Waals surface area contributed by atoms with Crippen molar-refractivity contribution >= 4 is 10.8 Å². The van der Waals surface area contributed by atoms with Gasteiger partial charge in [-0.2, -0.15) is 0 Å². The quantitative estimate of drug-likeness (QED) is 0.643. The van der Waals surface area contributed by atoms with Crippen LogP contribution < -0.4 is 10.1 Å². The number of ether oxygens (including phenoxy) is 2. The van der Waals surface area contributed by atoms with Gasteiger partial charge in [0.25, 0.3) is 0 Å². The first-order valence-corrected chi connectivity index (χ1v) is 9.81. The Balaban J connectivity index is 1.53. The first kappa shape index (κ1) is 18.0. The van der Waals surface area contributed by atoms with Gasteiger partial charge < -0.3 is 14.8 Å². The number of fused-ring (bicyclic) bond motifs is 1. The fourth-order valence-electron chi connectivity index (χ4n) is 3.76. The lowest BCUT2D eigenvalue weighted by atomic mass is 10.0. The van der Waals surface area contributed by atoms with Crippen molar-refractivity contribution in [2.45, 2.75) is 39.0 Å². The number of aryl methyl sites for hydroxylation is 1. The summed E-state index contributed by atoms with van der Waals surface area (Å²) in [6, 6.07) is 21.2. The van der Waals surface area contributed by atoms with Gasteiger partial charge in [0.05, 0.1) is 6.10 Å². The molecule has 1 saturated heterocycles. The summed E-state index contributed by atoms with van der Waals surface area (Å²) in [5, 5.41) is 6.07. The Bertz CT molecular complexity index is 900. The lowest BCUT2D eigenvalue weighted by Gasteiger charge is -2.17. The molecule has 27 heavy (non-hydrogen) atoms. The van der Waals surface area contributed by atoms with Crippen molar-refractivity contribution in [3.63, 3.8) is 0 Å². The molecule has 1 aliphatic heterocycles. The minimum absolute atomic E-state index is 0.344. The van der Waals surface area contributed by atoms with Crippen molar-refractivity contribution in [2.75, 3.05) is 13.2 Å². The number of hydrogen-bond donors (Lipinski definition) is 1. The highest BCUT2D eigenvalue weighted by atomic mass is 16.5. The third kappa shape index (κ3) is 4.49. The van der Waals surface area contributed by atoms with E-state index in [-0.39, 0.29) is 0 Å². The summed E-state index contributed by atoms with van der Waals surface area (Å²) < 4.78 is 12.0. The topological polar surface area (TPSA) is 30.5 Å². The van der Waals surface area contributed by atoms with Crippen LogP contribution in [0.2, 0.25) is 0 Å². The summed E-state index contributed by atoms with van der Waals surface area (Å²) in [7, 11) is 0. The van der Waals surface area contributed by atoms with Crippen LogP contribution in [0.25, 0.3) is 10.8 Å². The molecule has 0 saturated carbocycles. The zero-order chi connectivity index (χ0) is 18.5. The summed E-state index contributed by atoms with van der Waals surface area (Å²) in [5.41, 5.74) is 3.67. The maximum absolute atomic E-state index is 6.24. The highest BCUT2D eigenvalue weighted by Crippen LogP contribution is 2.29. The Morgan fingerprint density at radius 2 is 2.00 bits per heavy atom. The smallest absolute Gasteiger partial charge is 0.124 e. The number of hydrogen-bond acceptors (Lipinski definition) is 3. The Labute approximate surface area is 161 Å². The second-order valence-corrected chi connectivity index (χ2v) is 7.31. The molecule has 0 unspecified atom stereocenters. The van der Waals surface area contributed by atoms with Crippen LogP contribution in [0.15, 0.2) is 60.7 Å². The molecule has 0 aromatic heterocycles. The Hall–Kier alpha value is -2.36. The molecule has 3 heteroatoms. The second kappa shape index (κ2) is 8.55. The summed E-state index contributed by atoms with van der Waals surface area (Å²) >= 11 is 0. The Kier molecular flexibility index (Phi) is 5.71. The van der Waals surface area contributed by atoms with Gasteiger partial charge >= 0.3 is 0 Å². The summed E-state index contributed by atoms with van der Waals surface area (Å²) in [4.78, 5) is 0. The summed E-state index contributed by atoms with van der Waals surface area (Å²) in [6.07, 6.45) is 2.67. The normalized spacial score (nSPS) is 16.7. The van der Waals surface area contributed by atoms with Gasteiger partial charge in [-0.3, -0.25) is 0 Å². The van der Waals surface area contributed by atoms with Crippen LogP contribution >= 0.6 is 0 Å². The molecule has 3 aromatic carbocycles. The van der Waals surface area contributed by atoms with Crippen molar-refractivity contribution in [1.82, 2.24) is 5.32 Å². The van der Waals surface area contributed by atoms with E-state index in [0.717, 1.165) is 31.9 Å². The predicted octanol–water partition coefficient (Wildman–Crippen LogP) is 5.00. The molecular formula is C24H27NO2. The molecule has 1 atom stereocenters. The van der Waals surface area contributed by atoms with Gasteiger partial charge in [0, 0.05) is 25.3 Å². The van der Waals surface area contributed by atoms with E-state index < -0.39 is 0 Å². The van der Waals surface area contributed by atoms with E-state index in [0.29, 0.717) is 12.7 Å². The Morgan fingerprint density at radius 1 is 1.07 bits per heavy atom. The van der Waals surface area contributed by atoms with Crippen LogP contribution in [-0.2, 0) is 17.9 Å². The third-order valence-corrected chi connectivity index (χ3v) is 5.17. The minimum atomic E-state index is 0.344. The first-order chi connectivity index (χ1) is 13.3. The zero-order valence-corrected chi connectivity index (χ0v) is 15.9. The molecule has 3 nitrogen and oxygen atoms in total. The standard InChI is InChI=1S/C24H27NO2/c1-18-6-4-7-19(14-18)17-27-24-12-11-20-8-2-3-10-22(20)23(24)16-25-15-21-9-5-13-26-21/h2-4,6-8,10-12,14,21,25H,5,9,13,15-17H2,1H3/t21-/m1/s1. The van der Waals surface area contributed by atoms with Crippen LogP contribution in [-0.4, -0.2) is 19.3 Å². The molecule has 1 aliphatic rings. The van der Waals surface area contributed by atoms with Crippen molar-refractivity contribution < 1.29 is 9.47 Å². The Morgan fingerprint density at radius 3 is 2.85 bits per heavy atom. The fraction of sp³-hybridized carbons (Fsp3) is 0.333. The highest BCUT2D eigenvalue weighted by Gasteiger charge is 2.15. The van der Waals surface area contributed by atoms with Crippen molar-refractivity contribution in [3.8, 4) is 5.75 Å². The molecule has 1 N–H and O–H groups in total. The highest BCUT2D eigenvalue weighted by molar-refractivity contribution is 5.87. The third-order valence-electron chi connectivity index (χ3n) is 5.17. The molecule has 1 heterocycles. The van der Waals surface area contributed by atoms with E-state index in [9.17, 15) is 0 Å². The predicted molar refractivity (Wildman–Crippen MR) is 110 cm³/mol. The van der Waals surface area contributed by atoms with Crippen molar-refractivity contribution in [3.05, 3.63) is 77.4 Å². The van der Waals surface area contributed by atoms with E-state index in [1.165, 1.54) is 33.9 Å². The molecular weight excluding hydrogens is 334 g/mol. The maximum atomic E-state index is 6.24. The number of rotatable bonds is 7. The molecule has 0 aliphatic carbocycles. The molecule has 1 fully saturated rings. The lowest BCUT2D eigenvalue weighted by molar-refractivity contribution is 0.110. The largest absolute Gasteiger partial charge is 0.489 e. The molecule has 3 aromatic rings. The van der Waals surface area contributed by atoms with E-state index in [2.05, 4.69) is 72.9 Å². The van der Waals surface area contributed by atoms with E-state index in [4.69, 9.17) is 9.47 Å². The van der Waals surface area contributed by atoms with Crippen LogP contribution in [0.5, 0.6) is 5.75 Å². The molecule has 0 amide bonds. The molecule has 4 rings (SSSR count). The van der Waals surface area contributed by atoms with Gasteiger partial charge in [-0.05, 0) is 42.2 Å². The van der Waals surface area contributed by atoms with Gasteiger partial charge in [-0.1, -0.05) is 60.2 Å². The van der Waals surface area contributed by atoms with Crippen LogP contribution in [0.1, 0.15) is 29.5 Å². The zero-order valence-electron chi connectivity index (χ0n) is 15.9. The van der Waals surface area contributed by atoms with Crippen molar-refractivity contribution in [1.29, 1.82) is 0 Å². The monoisotopic (exact) mass is 361 g/mol. The van der Waals surface area contributed by atoms with Crippen LogP contribution in [0.3, 0.4) is 0 Å². The lowest BCUT2D eigenvalue weighted by Crippen LogP contribution is -2.26. The van der Waals surface area contributed by atoms with Gasteiger partial charge in [0.1, 0.15) is 12.4 Å². The van der Waals surface area contributed by atoms with Crippen molar-refractivity contribution in [2.24, 2.45) is 0 Å². The SMILES string of the molecule is Cc1cccc(COc2ccc3ccccc3c2CNC[C@H]2CCCO2)c1. The molecule has 0 radical (unpaired) electrons. The van der Waals surface area contributed by atoms with Gasteiger partial charge in [0.2, 0.25) is 0 Å². The van der Waals surface area contributed by atoms with E-state index >= 15 is 0 Å². The fourth-order valence-corrected chi connectivity index (χ4v) is 3.76. The van der Waals surface area contributed by atoms with Gasteiger partial charge in [-0.25, -0.2) is 0 Å². The first-order valence-electron chi connectivity index (χ1n) is 9.81. The van der Waals surface area contributed by atoms with Crippen LogP contribution in [0.4, 0.5) is 0 Å². The van der Waals surface area contributed by atoms with Gasteiger partial charge in [-0.15, -0.1) is 0 Å². The van der Waals surface area contributed by atoms with E-state index in [1.54, 1.807) is 0 Å². The second-order valence-electron chi connectivity index (χ2n) is 7.31.